The highest BCUT2D eigenvalue weighted by molar-refractivity contribution is 8.11. The summed E-state index contributed by atoms with van der Waals surface area (Å²) in [7, 11) is 0. The van der Waals surface area contributed by atoms with Crippen LogP contribution in [0.25, 0.3) is 4.91 Å². The lowest BCUT2D eigenvalue weighted by Crippen LogP contribution is -2.50. The van der Waals surface area contributed by atoms with E-state index in [1.807, 2.05) is 38.1 Å². The van der Waals surface area contributed by atoms with E-state index in [0.29, 0.717) is 11.6 Å². The minimum Gasteiger partial charge on any atom is -0.488 e. The molecule has 1 saturated carbocycles. The standard InChI is InChI=1S/C30H39N3O2S/c1-5-28(19-32-25-11-6-7-12-25)36-22(4)24-10-8-9-23(15-24)21(3)33-30(34)29-16-26(14-13-20(29)2)35-27-17-31-18-27/h5,8-10,13-16,21,25,27,31-32H,4,6-7,11-12,17-19H2,1-3H3,(H,33,34)/b28-5-. The quantitative estimate of drug-likeness (QED) is 0.351. The summed E-state index contributed by atoms with van der Waals surface area (Å²) in [4.78, 5) is 15.4. The molecule has 0 spiro atoms. The second-order valence-corrected chi connectivity index (χ2v) is 11.1. The van der Waals surface area contributed by atoms with Crippen LogP contribution < -0.4 is 20.7 Å². The molecule has 1 amide bonds. The van der Waals surface area contributed by atoms with E-state index in [0.717, 1.165) is 47.0 Å². The number of hydrogen-bond acceptors (Lipinski definition) is 5. The molecule has 2 aromatic carbocycles. The zero-order valence-corrected chi connectivity index (χ0v) is 22.5. The highest BCUT2D eigenvalue weighted by Crippen LogP contribution is 2.33. The minimum atomic E-state index is -0.139. The largest absolute Gasteiger partial charge is 0.488 e. The Labute approximate surface area is 220 Å². The second-order valence-electron chi connectivity index (χ2n) is 9.84. The van der Waals surface area contributed by atoms with Gasteiger partial charge in [0.25, 0.3) is 5.91 Å². The number of benzene rings is 2. The topological polar surface area (TPSA) is 62.4 Å². The van der Waals surface area contributed by atoms with Crippen molar-refractivity contribution in [2.75, 3.05) is 19.6 Å². The summed E-state index contributed by atoms with van der Waals surface area (Å²) >= 11 is 1.73. The Kier molecular flexibility index (Phi) is 9.30. The first-order chi connectivity index (χ1) is 17.4. The molecule has 1 saturated heterocycles. The number of rotatable bonds is 11. The summed E-state index contributed by atoms with van der Waals surface area (Å²) in [6.45, 7) is 13.0. The van der Waals surface area contributed by atoms with Crippen molar-refractivity contribution in [1.82, 2.24) is 16.0 Å². The van der Waals surface area contributed by atoms with E-state index >= 15 is 0 Å². The lowest BCUT2D eigenvalue weighted by atomic mass is 10.0. The Morgan fingerprint density at radius 2 is 2.00 bits per heavy atom. The third-order valence-electron chi connectivity index (χ3n) is 7.05. The van der Waals surface area contributed by atoms with E-state index in [9.17, 15) is 4.79 Å². The number of carbonyl (C=O) groups is 1. The maximum atomic E-state index is 13.1. The highest BCUT2D eigenvalue weighted by atomic mass is 32.2. The molecule has 0 aromatic heterocycles. The van der Waals surface area contributed by atoms with E-state index in [-0.39, 0.29) is 18.1 Å². The van der Waals surface area contributed by atoms with Gasteiger partial charge in [-0.3, -0.25) is 4.79 Å². The molecular weight excluding hydrogens is 466 g/mol. The number of aryl methyl sites for hydroxylation is 1. The van der Waals surface area contributed by atoms with Gasteiger partial charge in [-0.15, -0.1) is 0 Å². The summed E-state index contributed by atoms with van der Waals surface area (Å²) in [5.74, 6) is 0.646. The van der Waals surface area contributed by atoms with Crippen LogP contribution in [0.2, 0.25) is 0 Å². The maximum absolute atomic E-state index is 13.1. The molecule has 1 aliphatic heterocycles. The average Bonchev–Trinajstić information content (AvgIpc) is 3.38. The van der Waals surface area contributed by atoms with Crippen LogP contribution in [0.15, 0.2) is 60.0 Å². The Hall–Kier alpha value is -2.54. The molecule has 0 bridgehead atoms. The second kappa shape index (κ2) is 12.6. The van der Waals surface area contributed by atoms with Crippen molar-refractivity contribution in [3.05, 3.63) is 82.3 Å². The van der Waals surface area contributed by atoms with Crippen molar-refractivity contribution in [2.24, 2.45) is 0 Å². The molecule has 1 heterocycles. The van der Waals surface area contributed by atoms with Crippen LogP contribution in [-0.4, -0.2) is 37.7 Å². The van der Waals surface area contributed by atoms with Crippen LogP contribution in [0.3, 0.4) is 0 Å². The molecule has 192 valence electrons. The number of carbonyl (C=O) groups excluding carboxylic acids is 1. The lowest BCUT2D eigenvalue weighted by molar-refractivity contribution is 0.0937. The van der Waals surface area contributed by atoms with Crippen LogP contribution in [0.5, 0.6) is 5.75 Å². The maximum Gasteiger partial charge on any atom is 0.252 e. The van der Waals surface area contributed by atoms with Gasteiger partial charge in [0.2, 0.25) is 0 Å². The monoisotopic (exact) mass is 505 g/mol. The molecule has 1 aliphatic carbocycles. The zero-order valence-electron chi connectivity index (χ0n) is 21.7. The third kappa shape index (κ3) is 7.02. The summed E-state index contributed by atoms with van der Waals surface area (Å²) in [6.07, 6.45) is 7.58. The molecule has 2 fully saturated rings. The Bertz CT molecular complexity index is 1100. The fraction of sp³-hybridized carbons (Fsp3) is 0.433. The van der Waals surface area contributed by atoms with Crippen LogP contribution >= 0.6 is 11.8 Å². The molecule has 2 aromatic rings. The molecular formula is C30H39N3O2S. The Balaban J connectivity index is 1.36. The predicted molar refractivity (Wildman–Crippen MR) is 151 cm³/mol. The average molecular weight is 506 g/mol. The smallest absolute Gasteiger partial charge is 0.252 e. The molecule has 0 radical (unpaired) electrons. The molecule has 3 N–H and O–H groups in total. The van der Waals surface area contributed by atoms with Crippen LogP contribution in [0, 0.1) is 6.92 Å². The number of allylic oxidation sites excluding steroid dienone is 1. The van der Waals surface area contributed by atoms with Gasteiger partial charge < -0.3 is 20.7 Å². The molecule has 1 unspecified atom stereocenters. The lowest BCUT2D eigenvalue weighted by Gasteiger charge is -2.28. The SMILES string of the molecule is C=C(S/C(=C\C)CNC1CCCC1)c1cccc(C(C)NC(=O)c2cc(OC3CNC3)ccc2C)c1. The molecule has 6 heteroatoms. The summed E-state index contributed by atoms with van der Waals surface area (Å²) in [6, 6.07) is 14.6. The van der Waals surface area contributed by atoms with Crippen molar-refractivity contribution >= 4 is 22.6 Å². The fourth-order valence-electron chi connectivity index (χ4n) is 4.59. The number of hydrogen-bond donors (Lipinski definition) is 3. The van der Waals surface area contributed by atoms with E-state index in [1.54, 1.807) is 11.8 Å². The minimum absolute atomic E-state index is 0.0926. The molecule has 5 nitrogen and oxygen atoms in total. The number of amides is 1. The van der Waals surface area contributed by atoms with E-state index in [4.69, 9.17) is 4.74 Å². The van der Waals surface area contributed by atoms with Crippen LogP contribution in [0.4, 0.5) is 0 Å². The highest BCUT2D eigenvalue weighted by Gasteiger charge is 2.20. The summed E-state index contributed by atoms with van der Waals surface area (Å²) < 4.78 is 5.95. The zero-order chi connectivity index (χ0) is 25.5. The molecule has 36 heavy (non-hydrogen) atoms. The first kappa shape index (κ1) is 26.5. The van der Waals surface area contributed by atoms with Gasteiger partial charge >= 0.3 is 0 Å². The predicted octanol–water partition coefficient (Wildman–Crippen LogP) is 5.98. The van der Waals surface area contributed by atoms with Crippen LogP contribution in [0.1, 0.15) is 72.6 Å². The first-order valence-electron chi connectivity index (χ1n) is 13.1. The first-order valence-corrected chi connectivity index (χ1v) is 13.9. The third-order valence-corrected chi connectivity index (χ3v) is 8.18. The van der Waals surface area contributed by atoms with Crippen molar-refractivity contribution in [1.29, 1.82) is 0 Å². The van der Waals surface area contributed by atoms with Gasteiger partial charge in [-0.2, -0.15) is 0 Å². The number of nitrogens with one attached hydrogen (secondary N) is 3. The van der Waals surface area contributed by atoms with Gasteiger partial charge in [0.15, 0.2) is 0 Å². The van der Waals surface area contributed by atoms with Crippen molar-refractivity contribution in [3.63, 3.8) is 0 Å². The molecule has 2 aliphatic rings. The number of thioether (sulfide) groups is 1. The summed E-state index contributed by atoms with van der Waals surface area (Å²) in [5, 5.41) is 10.1. The van der Waals surface area contributed by atoms with Gasteiger partial charge in [-0.1, -0.05) is 61.5 Å². The van der Waals surface area contributed by atoms with E-state index in [2.05, 4.69) is 53.7 Å². The van der Waals surface area contributed by atoms with E-state index in [1.165, 1.54) is 30.6 Å². The number of ether oxygens (including phenoxy) is 1. The molecule has 4 rings (SSSR count). The Morgan fingerprint density at radius 3 is 2.69 bits per heavy atom. The van der Waals surface area contributed by atoms with E-state index < -0.39 is 0 Å². The fourth-order valence-corrected chi connectivity index (χ4v) is 5.42. The van der Waals surface area contributed by atoms with Gasteiger partial charge in [0.1, 0.15) is 11.9 Å². The van der Waals surface area contributed by atoms with Crippen LogP contribution in [-0.2, 0) is 0 Å². The van der Waals surface area contributed by atoms with Gasteiger partial charge in [-0.05, 0) is 73.4 Å². The Morgan fingerprint density at radius 1 is 1.22 bits per heavy atom. The van der Waals surface area contributed by atoms with Crippen molar-refractivity contribution < 1.29 is 9.53 Å². The van der Waals surface area contributed by atoms with Crippen molar-refractivity contribution in [2.45, 2.75) is 64.6 Å². The molecule has 1 atom stereocenters. The van der Waals surface area contributed by atoms with Gasteiger partial charge in [-0.25, -0.2) is 0 Å². The summed E-state index contributed by atoms with van der Waals surface area (Å²) in [5.41, 5.74) is 3.72. The van der Waals surface area contributed by atoms with Gasteiger partial charge in [0.05, 0.1) is 6.04 Å². The van der Waals surface area contributed by atoms with Crippen molar-refractivity contribution in [3.8, 4) is 5.75 Å². The normalized spacial score (nSPS) is 17.5. The van der Waals surface area contributed by atoms with Gasteiger partial charge in [0, 0.05) is 36.1 Å².